The Hall–Kier alpha value is -2.93. The van der Waals surface area contributed by atoms with Gasteiger partial charge in [0, 0.05) is 16.9 Å². The van der Waals surface area contributed by atoms with E-state index in [1.807, 2.05) is 6.92 Å². The summed E-state index contributed by atoms with van der Waals surface area (Å²) in [5, 5.41) is 12.3. The Morgan fingerprint density at radius 1 is 1.27 bits per heavy atom. The minimum atomic E-state index is -0.965. The predicted octanol–water partition coefficient (Wildman–Crippen LogP) is 4.98. The fraction of sp³-hybridized carbons (Fsp3) is 0.105. The molecule has 26 heavy (non-hydrogen) atoms. The van der Waals surface area contributed by atoms with E-state index in [0.29, 0.717) is 28.5 Å². The highest BCUT2D eigenvalue weighted by molar-refractivity contribution is 9.10. The van der Waals surface area contributed by atoms with Gasteiger partial charge in [-0.15, -0.1) is 6.58 Å². The summed E-state index contributed by atoms with van der Waals surface area (Å²) in [6.45, 7) is 5.69. The number of carbonyl (C=O) groups is 1. The first kappa shape index (κ1) is 17.9. The van der Waals surface area contributed by atoms with E-state index in [9.17, 15) is 4.79 Å². The van der Waals surface area contributed by atoms with E-state index in [4.69, 9.17) is 9.52 Å². The number of allylic oxidation sites excluding steroid dienone is 1. The lowest BCUT2D eigenvalue weighted by molar-refractivity contribution is 0.0697. The number of carboxylic acid groups (broad SMARTS) is 1. The first-order chi connectivity index (χ1) is 12.5. The zero-order chi connectivity index (χ0) is 18.7. The molecular weight excluding hydrogens is 398 g/mol. The molecule has 132 valence electrons. The summed E-state index contributed by atoms with van der Waals surface area (Å²) in [4.78, 5) is 20.1. The van der Waals surface area contributed by atoms with Crippen molar-refractivity contribution in [1.29, 1.82) is 0 Å². The Bertz CT molecular complexity index is 965. The van der Waals surface area contributed by atoms with Gasteiger partial charge in [-0.25, -0.2) is 14.8 Å². The van der Waals surface area contributed by atoms with Crippen LogP contribution in [0.4, 0.5) is 11.5 Å². The molecule has 0 unspecified atom stereocenters. The molecule has 0 aliphatic carbocycles. The predicted molar refractivity (Wildman–Crippen MR) is 103 cm³/mol. The quantitative estimate of drug-likeness (QED) is 0.554. The molecule has 0 radical (unpaired) electrons. The number of furan rings is 1. The van der Waals surface area contributed by atoms with E-state index in [-0.39, 0.29) is 5.56 Å². The summed E-state index contributed by atoms with van der Waals surface area (Å²) >= 11 is 3.28. The molecule has 2 aromatic heterocycles. The van der Waals surface area contributed by atoms with Crippen molar-refractivity contribution < 1.29 is 14.3 Å². The van der Waals surface area contributed by atoms with Crippen LogP contribution in [-0.2, 0) is 6.42 Å². The molecule has 0 bridgehead atoms. The SMILES string of the molecule is C=CCc1c(C)nc(-c2ccc(Br)o2)nc1Nc1ccc(C(=O)O)cc1. The number of nitrogens with one attached hydrogen (secondary N) is 1. The van der Waals surface area contributed by atoms with Gasteiger partial charge in [-0.3, -0.25) is 0 Å². The average Bonchev–Trinajstić information content (AvgIpc) is 3.04. The summed E-state index contributed by atoms with van der Waals surface area (Å²) in [5.74, 6) is 0.676. The second kappa shape index (κ2) is 7.53. The zero-order valence-electron chi connectivity index (χ0n) is 14.0. The molecule has 6 nitrogen and oxygen atoms in total. The van der Waals surface area contributed by atoms with E-state index in [2.05, 4.69) is 37.8 Å². The highest BCUT2D eigenvalue weighted by Gasteiger charge is 2.15. The van der Waals surface area contributed by atoms with Crippen LogP contribution in [0.1, 0.15) is 21.6 Å². The van der Waals surface area contributed by atoms with Gasteiger partial charge in [-0.1, -0.05) is 6.08 Å². The van der Waals surface area contributed by atoms with Gasteiger partial charge >= 0.3 is 5.97 Å². The Balaban J connectivity index is 2.01. The minimum Gasteiger partial charge on any atom is -0.478 e. The monoisotopic (exact) mass is 413 g/mol. The van der Waals surface area contributed by atoms with E-state index >= 15 is 0 Å². The zero-order valence-corrected chi connectivity index (χ0v) is 15.6. The third-order valence-electron chi connectivity index (χ3n) is 3.75. The summed E-state index contributed by atoms with van der Waals surface area (Å²) < 4.78 is 6.15. The van der Waals surface area contributed by atoms with Crippen LogP contribution in [0.15, 0.2) is 58.1 Å². The largest absolute Gasteiger partial charge is 0.478 e. The Morgan fingerprint density at radius 3 is 2.58 bits per heavy atom. The average molecular weight is 414 g/mol. The van der Waals surface area contributed by atoms with Crippen LogP contribution >= 0.6 is 15.9 Å². The number of aromatic carboxylic acids is 1. The molecule has 0 aliphatic rings. The highest BCUT2D eigenvalue weighted by atomic mass is 79.9. The van der Waals surface area contributed by atoms with Crippen LogP contribution in [0.2, 0.25) is 0 Å². The third kappa shape index (κ3) is 3.83. The first-order valence-corrected chi connectivity index (χ1v) is 8.61. The number of benzene rings is 1. The van der Waals surface area contributed by atoms with Gasteiger partial charge < -0.3 is 14.8 Å². The van der Waals surface area contributed by atoms with E-state index in [1.54, 1.807) is 30.3 Å². The summed E-state index contributed by atoms with van der Waals surface area (Å²) in [5.41, 5.74) is 2.68. The normalized spacial score (nSPS) is 10.5. The van der Waals surface area contributed by atoms with Crippen LogP contribution in [0.5, 0.6) is 0 Å². The lowest BCUT2D eigenvalue weighted by atomic mass is 10.1. The van der Waals surface area contributed by atoms with Crippen molar-refractivity contribution in [2.24, 2.45) is 0 Å². The van der Waals surface area contributed by atoms with Crippen LogP contribution in [0.3, 0.4) is 0 Å². The van der Waals surface area contributed by atoms with Gasteiger partial charge in [0.25, 0.3) is 0 Å². The van der Waals surface area contributed by atoms with Crippen molar-refractivity contribution in [2.45, 2.75) is 13.3 Å². The number of aromatic nitrogens is 2. The molecule has 0 fully saturated rings. The first-order valence-electron chi connectivity index (χ1n) is 7.82. The maximum absolute atomic E-state index is 11.0. The summed E-state index contributed by atoms with van der Waals surface area (Å²) in [6.07, 6.45) is 2.39. The van der Waals surface area contributed by atoms with Crippen LogP contribution < -0.4 is 5.32 Å². The van der Waals surface area contributed by atoms with Crippen molar-refractivity contribution in [1.82, 2.24) is 9.97 Å². The fourth-order valence-corrected chi connectivity index (χ4v) is 2.77. The fourth-order valence-electron chi connectivity index (χ4n) is 2.47. The molecule has 0 spiro atoms. The van der Waals surface area contributed by atoms with Crippen molar-refractivity contribution in [2.75, 3.05) is 5.32 Å². The molecule has 1 aromatic carbocycles. The van der Waals surface area contributed by atoms with Crippen molar-refractivity contribution in [3.05, 3.63) is 70.5 Å². The number of carboxylic acids is 1. The van der Waals surface area contributed by atoms with Crippen LogP contribution in [-0.4, -0.2) is 21.0 Å². The second-order valence-electron chi connectivity index (χ2n) is 5.56. The maximum Gasteiger partial charge on any atom is 0.335 e. The molecule has 7 heteroatoms. The molecule has 2 N–H and O–H groups in total. The van der Waals surface area contributed by atoms with Gasteiger partial charge in [0.05, 0.1) is 5.56 Å². The summed E-state index contributed by atoms with van der Waals surface area (Å²) in [7, 11) is 0. The number of hydrogen-bond donors (Lipinski definition) is 2. The number of hydrogen-bond acceptors (Lipinski definition) is 5. The number of halogens is 1. The maximum atomic E-state index is 11.0. The smallest absolute Gasteiger partial charge is 0.335 e. The lowest BCUT2D eigenvalue weighted by Crippen LogP contribution is -2.05. The standard InChI is InChI=1S/C19H16BrN3O3/c1-3-4-14-11(2)21-18(15-9-10-16(20)26-15)23-17(14)22-13-7-5-12(6-8-13)19(24)25/h3,5-10H,1,4H2,2H3,(H,24,25)(H,21,22,23). The molecule has 3 aromatic rings. The number of aryl methyl sites for hydroxylation is 1. The van der Waals surface area contributed by atoms with Gasteiger partial charge in [0.2, 0.25) is 0 Å². The highest BCUT2D eigenvalue weighted by Crippen LogP contribution is 2.28. The van der Waals surface area contributed by atoms with Crippen LogP contribution in [0.25, 0.3) is 11.6 Å². The molecule has 3 rings (SSSR count). The van der Waals surface area contributed by atoms with Crippen molar-refractivity contribution >= 4 is 33.4 Å². The van der Waals surface area contributed by atoms with Gasteiger partial charge in [0.1, 0.15) is 5.82 Å². The molecule has 0 atom stereocenters. The Kier molecular flexibility index (Phi) is 5.18. The van der Waals surface area contributed by atoms with E-state index in [1.165, 1.54) is 12.1 Å². The number of nitrogens with zero attached hydrogens (tertiary/aromatic N) is 2. The van der Waals surface area contributed by atoms with Gasteiger partial charge in [0.15, 0.2) is 16.3 Å². The number of anilines is 2. The summed E-state index contributed by atoms with van der Waals surface area (Å²) in [6, 6.07) is 10.0. The second-order valence-corrected chi connectivity index (χ2v) is 6.35. The minimum absolute atomic E-state index is 0.224. The van der Waals surface area contributed by atoms with E-state index < -0.39 is 5.97 Å². The molecule has 0 amide bonds. The molecule has 0 aliphatic heterocycles. The Labute approximate surface area is 158 Å². The van der Waals surface area contributed by atoms with Crippen LogP contribution in [0, 0.1) is 6.92 Å². The van der Waals surface area contributed by atoms with Gasteiger partial charge in [-0.2, -0.15) is 0 Å². The van der Waals surface area contributed by atoms with Crippen molar-refractivity contribution in [3.8, 4) is 11.6 Å². The van der Waals surface area contributed by atoms with E-state index in [0.717, 1.165) is 16.9 Å². The van der Waals surface area contributed by atoms with Crippen molar-refractivity contribution in [3.63, 3.8) is 0 Å². The Morgan fingerprint density at radius 2 is 2.00 bits per heavy atom. The molecule has 0 saturated carbocycles. The topological polar surface area (TPSA) is 88.3 Å². The molecular formula is C19H16BrN3O3. The molecule has 0 saturated heterocycles. The molecule has 2 heterocycles. The number of rotatable bonds is 6. The lowest BCUT2D eigenvalue weighted by Gasteiger charge is -2.13. The third-order valence-corrected chi connectivity index (χ3v) is 4.18. The van der Waals surface area contributed by atoms with Gasteiger partial charge in [-0.05, 0) is 65.7 Å².